The van der Waals surface area contributed by atoms with Crippen LogP contribution >= 0.6 is 12.2 Å². The van der Waals surface area contributed by atoms with E-state index < -0.39 is 17.7 Å². The Hall–Kier alpha value is -3.78. The van der Waals surface area contributed by atoms with Crippen molar-refractivity contribution in [1.82, 2.24) is 5.32 Å². The number of fused-ring (bicyclic) bond motifs is 4. The number of ether oxygens (including phenoxy) is 3. The summed E-state index contributed by atoms with van der Waals surface area (Å²) >= 11 is 5.82. The van der Waals surface area contributed by atoms with Crippen molar-refractivity contribution in [3.63, 3.8) is 0 Å². The van der Waals surface area contributed by atoms with Gasteiger partial charge in [-0.3, -0.25) is 9.69 Å². The molecule has 1 saturated heterocycles. The Morgan fingerprint density at radius 3 is 2.46 bits per heavy atom. The molecule has 2 bridgehead atoms. The van der Waals surface area contributed by atoms with Crippen LogP contribution in [0.3, 0.4) is 0 Å². The van der Waals surface area contributed by atoms with E-state index in [9.17, 15) is 4.79 Å². The summed E-state index contributed by atoms with van der Waals surface area (Å²) in [6, 6.07) is 20.4. The lowest BCUT2D eigenvalue weighted by Gasteiger charge is -2.56. The smallest absolute Gasteiger partial charge is 0.236 e. The second-order valence-corrected chi connectivity index (χ2v) is 9.24. The highest BCUT2D eigenvalue weighted by Crippen LogP contribution is 2.50. The molecule has 3 aromatic carbocycles. The van der Waals surface area contributed by atoms with Crippen molar-refractivity contribution in [3.8, 4) is 17.2 Å². The fourth-order valence-electron chi connectivity index (χ4n) is 4.94. The quantitative estimate of drug-likeness (QED) is 0.498. The van der Waals surface area contributed by atoms with E-state index in [-0.39, 0.29) is 5.91 Å². The van der Waals surface area contributed by atoms with Gasteiger partial charge in [-0.2, -0.15) is 0 Å². The molecule has 5 rings (SSSR count). The Bertz CT molecular complexity index is 1300. The number of hydrogen-bond acceptors (Lipinski definition) is 5. The third-order valence-corrected chi connectivity index (χ3v) is 6.91. The standard InChI is InChI=1S/C27H27N3O4S/c1-16-6-5-7-18(14-16)30-26(35)29-24-21-15-20(33-4)12-13-22(21)34-27(30,2)23(24)25(31)28-17-8-10-19(32-3)11-9-17/h5-15,23-24H,1-4H3,(H,28,31)(H,29,35)/t23-,24+,27+/m0/s1. The third-order valence-electron chi connectivity index (χ3n) is 6.60. The predicted octanol–water partition coefficient (Wildman–Crippen LogP) is 4.81. The fourth-order valence-corrected chi connectivity index (χ4v) is 5.35. The van der Waals surface area contributed by atoms with Crippen LogP contribution in [0.2, 0.25) is 0 Å². The minimum absolute atomic E-state index is 0.191. The topological polar surface area (TPSA) is 72.1 Å². The number of anilines is 2. The zero-order valence-corrected chi connectivity index (χ0v) is 20.8. The highest BCUT2D eigenvalue weighted by Gasteiger charge is 2.59. The summed E-state index contributed by atoms with van der Waals surface area (Å²) in [5.41, 5.74) is 2.33. The molecule has 180 valence electrons. The first-order valence-corrected chi connectivity index (χ1v) is 11.7. The van der Waals surface area contributed by atoms with Gasteiger partial charge in [0.1, 0.15) is 23.2 Å². The lowest BCUT2D eigenvalue weighted by atomic mass is 9.78. The first-order chi connectivity index (χ1) is 16.8. The van der Waals surface area contributed by atoms with Crippen molar-refractivity contribution >= 4 is 34.6 Å². The van der Waals surface area contributed by atoms with Crippen molar-refractivity contribution in [2.24, 2.45) is 5.92 Å². The van der Waals surface area contributed by atoms with Crippen molar-refractivity contribution in [2.45, 2.75) is 25.6 Å². The van der Waals surface area contributed by atoms with Gasteiger partial charge < -0.3 is 24.8 Å². The van der Waals surface area contributed by atoms with E-state index in [1.165, 1.54) is 0 Å². The number of thiocarbonyl (C=S) groups is 1. The molecule has 2 N–H and O–H groups in total. The number of methoxy groups -OCH3 is 2. The monoisotopic (exact) mass is 489 g/mol. The summed E-state index contributed by atoms with van der Waals surface area (Å²) in [4.78, 5) is 15.8. The zero-order valence-electron chi connectivity index (χ0n) is 20.0. The van der Waals surface area contributed by atoms with Crippen LogP contribution in [-0.2, 0) is 4.79 Å². The van der Waals surface area contributed by atoms with Crippen LogP contribution in [0, 0.1) is 12.8 Å². The van der Waals surface area contributed by atoms with Gasteiger partial charge in [0.25, 0.3) is 0 Å². The van der Waals surface area contributed by atoms with Gasteiger partial charge in [-0.1, -0.05) is 12.1 Å². The van der Waals surface area contributed by atoms with Gasteiger partial charge >= 0.3 is 0 Å². The zero-order chi connectivity index (χ0) is 24.7. The number of aryl methyl sites for hydroxylation is 1. The summed E-state index contributed by atoms with van der Waals surface area (Å²) in [5.74, 6) is 1.24. The Kier molecular flexibility index (Phi) is 5.76. The molecule has 3 aromatic rings. The van der Waals surface area contributed by atoms with Crippen molar-refractivity contribution in [2.75, 3.05) is 24.4 Å². The number of amides is 1. The largest absolute Gasteiger partial charge is 0.497 e. The molecule has 1 amide bonds. The van der Waals surface area contributed by atoms with E-state index in [1.54, 1.807) is 14.2 Å². The van der Waals surface area contributed by atoms with E-state index >= 15 is 0 Å². The minimum atomic E-state index is -1.08. The average Bonchev–Trinajstić information content (AvgIpc) is 2.83. The second kappa shape index (κ2) is 8.78. The molecule has 2 aliphatic rings. The van der Waals surface area contributed by atoms with Gasteiger partial charge in [-0.15, -0.1) is 0 Å². The van der Waals surface area contributed by atoms with Gasteiger partial charge in [0.15, 0.2) is 10.8 Å². The Balaban J connectivity index is 1.60. The maximum Gasteiger partial charge on any atom is 0.236 e. The molecule has 8 heteroatoms. The number of carbonyl (C=O) groups excluding carboxylic acids is 1. The summed E-state index contributed by atoms with van der Waals surface area (Å²) in [5, 5.41) is 6.97. The molecule has 2 aliphatic heterocycles. The first kappa shape index (κ1) is 23.0. The van der Waals surface area contributed by atoms with Gasteiger partial charge in [0.05, 0.1) is 20.3 Å². The lowest BCUT2D eigenvalue weighted by molar-refractivity contribution is -0.130. The van der Waals surface area contributed by atoms with Gasteiger partial charge in [0, 0.05) is 16.9 Å². The number of carbonyl (C=O) groups is 1. The summed E-state index contributed by atoms with van der Waals surface area (Å²) in [6.45, 7) is 3.94. The van der Waals surface area contributed by atoms with E-state index in [0.29, 0.717) is 28.0 Å². The number of nitrogens with one attached hydrogen (secondary N) is 2. The number of hydrogen-bond donors (Lipinski definition) is 2. The highest BCUT2D eigenvalue weighted by atomic mass is 32.1. The van der Waals surface area contributed by atoms with Crippen LogP contribution in [0.4, 0.5) is 11.4 Å². The molecule has 0 saturated carbocycles. The minimum Gasteiger partial charge on any atom is -0.497 e. The van der Waals surface area contributed by atoms with Crippen LogP contribution in [-0.4, -0.2) is 31.0 Å². The molecule has 3 atom stereocenters. The second-order valence-electron chi connectivity index (χ2n) is 8.86. The summed E-state index contributed by atoms with van der Waals surface area (Å²) in [6.07, 6.45) is 0. The summed E-state index contributed by atoms with van der Waals surface area (Å²) in [7, 11) is 3.22. The van der Waals surface area contributed by atoms with Gasteiger partial charge in [-0.25, -0.2) is 0 Å². The van der Waals surface area contributed by atoms with Crippen molar-refractivity contribution < 1.29 is 19.0 Å². The molecule has 1 fully saturated rings. The van der Waals surface area contributed by atoms with Crippen molar-refractivity contribution in [3.05, 3.63) is 77.9 Å². The Labute approximate surface area is 210 Å². The van der Waals surface area contributed by atoms with E-state index in [2.05, 4.69) is 10.6 Å². The Morgan fingerprint density at radius 2 is 1.77 bits per heavy atom. The molecule has 2 heterocycles. The summed E-state index contributed by atoms with van der Waals surface area (Å²) < 4.78 is 17.3. The maximum absolute atomic E-state index is 13.9. The highest BCUT2D eigenvalue weighted by molar-refractivity contribution is 7.80. The van der Waals surface area contributed by atoms with Gasteiger partial charge in [0.2, 0.25) is 5.91 Å². The molecule has 0 aromatic heterocycles. The molecule has 7 nitrogen and oxygen atoms in total. The molecule has 0 aliphatic carbocycles. The molecular formula is C27H27N3O4S. The van der Waals surface area contributed by atoms with E-state index in [0.717, 1.165) is 16.8 Å². The lowest BCUT2D eigenvalue weighted by Crippen LogP contribution is -2.72. The van der Waals surface area contributed by atoms with Crippen LogP contribution in [0.5, 0.6) is 17.2 Å². The van der Waals surface area contributed by atoms with Crippen LogP contribution in [0.15, 0.2) is 66.7 Å². The average molecular weight is 490 g/mol. The molecule has 35 heavy (non-hydrogen) atoms. The predicted molar refractivity (Wildman–Crippen MR) is 139 cm³/mol. The normalized spacial score (nSPS) is 22.4. The number of rotatable bonds is 5. The van der Waals surface area contributed by atoms with E-state index in [1.807, 2.05) is 85.5 Å². The number of nitrogens with zero attached hydrogens (tertiary/aromatic N) is 1. The van der Waals surface area contributed by atoms with Crippen LogP contribution in [0.25, 0.3) is 0 Å². The van der Waals surface area contributed by atoms with Crippen molar-refractivity contribution in [1.29, 1.82) is 0 Å². The first-order valence-electron chi connectivity index (χ1n) is 11.3. The molecule has 0 radical (unpaired) electrons. The van der Waals surface area contributed by atoms with E-state index in [4.69, 9.17) is 26.4 Å². The van der Waals surface area contributed by atoms with Crippen LogP contribution in [0.1, 0.15) is 24.1 Å². The maximum atomic E-state index is 13.9. The molecule has 0 unspecified atom stereocenters. The third kappa shape index (κ3) is 3.93. The number of benzene rings is 3. The molecule has 0 spiro atoms. The SMILES string of the molecule is COc1ccc(NC(=O)[C@@H]2[C@@H]3NC(=S)N(c4cccc(C)c4)[C@]2(C)Oc2ccc(OC)cc23)cc1. The Morgan fingerprint density at radius 1 is 1.06 bits per heavy atom. The van der Waals surface area contributed by atoms with Crippen LogP contribution < -0.4 is 29.7 Å². The van der Waals surface area contributed by atoms with Gasteiger partial charge in [-0.05, 0) is 86.2 Å². The molecular weight excluding hydrogens is 462 g/mol. The fraction of sp³-hybridized carbons (Fsp3) is 0.259.